The number of methoxy groups -OCH3 is 1. The minimum absolute atomic E-state index is 0.0124. The summed E-state index contributed by atoms with van der Waals surface area (Å²) >= 11 is 6.05. The number of rotatable bonds is 6. The van der Waals surface area contributed by atoms with Gasteiger partial charge in [0.05, 0.1) is 12.8 Å². The predicted octanol–water partition coefficient (Wildman–Crippen LogP) is 4.90. The van der Waals surface area contributed by atoms with E-state index in [1.807, 2.05) is 66.0 Å². The highest BCUT2D eigenvalue weighted by Gasteiger charge is 2.27. The Morgan fingerprint density at radius 2 is 1.86 bits per heavy atom. The summed E-state index contributed by atoms with van der Waals surface area (Å²) in [6.45, 7) is 4.02. The first-order chi connectivity index (χ1) is 17.0. The third kappa shape index (κ3) is 4.95. The molecule has 2 aromatic heterocycles. The minimum Gasteiger partial charge on any atom is -0.496 e. The van der Waals surface area contributed by atoms with Crippen LogP contribution in [0, 0.1) is 12.8 Å². The standard InChI is InChI=1S/C27H28ClN5O2/c1-18-15-26(33-25(30-18)16-23(31-33)19-7-9-22(28)10-8-19)32-13-11-20(12-14-32)27(34)29-17-21-5-3-4-6-24(21)35-2/h3-10,15-16,20H,11-14,17H2,1-2H3,(H,29,34). The fourth-order valence-electron chi connectivity index (χ4n) is 4.61. The Labute approximate surface area is 209 Å². The van der Waals surface area contributed by atoms with Crippen molar-refractivity contribution in [2.45, 2.75) is 26.3 Å². The molecule has 0 saturated carbocycles. The second-order valence-corrected chi connectivity index (χ2v) is 9.29. The number of hydrogen-bond donors (Lipinski definition) is 1. The van der Waals surface area contributed by atoms with Crippen molar-refractivity contribution in [1.82, 2.24) is 19.9 Å². The number of hydrogen-bond acceptors (Lipinski definition) is 5. The summed E-state index contributed by atoms with van der Waals surface area (Å²) in [5.41, 5.74) is 4.57. The number of aryl methyl sites for hydroxylation is 1. The molecule has 1 amide bonds. The number of carbonyl (C=O) groups is 1. The van der Waals surface area contributed by atoms with Crippen molar-refractivity contribution in [3.05, 3.63) is 76.9 Å². The van der Waals surface area contributed by atoms with Gasteiger partial charge in [0, 0.05) is 59.5 Å². The van der Waals surface area contributed by atoms with E-state index in [0.717, 1.165) is 65.7 Å². The molecular weight excluding hydrogens is 462 g/mol. The summed E-state index contributed by atoms with van der Waals surface area (Å²) in [7, 11) is 1.65. The third-order valence-corrected chi connectivity index (χ3v) is 6.76. The topological polar surface area (TPSA) is 71.8 Å². The van der Waals surface area contributed by atoms with Gasteiger partial charge in [-0.1, -0.05) is 41.9 Å². The first kappa shape index (κ1) is 23.2. The SMILES string of the molecule is COc1ccccc1CNC(=O)C1CCN(c2cc(C)nc3cc(-c4ccc(Cl)cc4)nn23)CC1. The van der Waals surface area contributed by atoms with E-state index >= 15 is 0 Å². The first-order valence-electron chi connectivity index (χ1n) is 11.8. The van der Waals surface area contributed by atoms with Crippen molar-refractivity contribution < 1.29 is 9.53 Å². The molecule has 2 aromatic carbocycles. The monoisotopic (exact) mass is 489 g/mol. The molecule has 1 aliphatic heterocycles. The van der Waals surface area contributed by atoms with Crippen LogP contribution in [-0.4, -0.2) is 40.7 Å². The Kier molecular flexibility index (Phi) is 6.59. The van der Waals surface area contributed by atoms with Crippen molar-refractivity contribution >= 4 is 29.0 Å². The van der Waals surface area contributed by atoms with E-state index in [4.69, 9.17) is 21.4 Å². The molecule has 1 saturated heterocycles. The summed E-state index contributed by atoms with van der Waals surface area (Å²) in [4.78, 5) is 19.8. The lowest BCUT2D eigenvalue weighted by molar-refractivity contribution is -0.125. The molecular formula is C27H28ClN5O2. The van der Waals surface area contributed by atoms with Gasteiger partial charge in [-0.25, -0.2) is 4.98 Å². The van der Waals surface area contributed by atoms with Gasteiger partial charge in [-0.2, -0.15) is 9.61 Å². The number of ether oxygens (including phenoxy) is 1. The first-order valence-corrected chi connectivity index (χ1v) is 12.2. The van der Waals surface area contributed by atoms with Gasteiger partial charge in [-0.15, -0.1) is 0 Å². The number of halogens is 1. The summed E-state index contributed by atoms with van der Waals surface area (Å²) in [5.74, 6) is 1.87. The maximum Gasteiger partial charge on any atom is 0.223 e. The zero-order valence-corrected chi connectivity index (χ0v) is 20.6. The Hall–Kier alpha value is -3.58. The lowest BCUT2D eigenvalue weighted by atomic mass is 9.95. The molecule has 0 aliphatic carbocycles. The fraction of sp³-hybridized carbons (Fsp3) is 0.296. The molecule has 4 aromatic rings. The molecule has 3 heterocycles. The zero-order chi connectivity index (χ0) is 24.4. The Morgan fingerprint density at radius 1 is 1.11 bits per heavy atom. The highest BCUT2D eigenvalue weighted by molar-refractivity contribution is 6.30. The molecule has 5 rings (SSSR count). The van der Waals surface area contributed by atoms with Crippen LogP contribution in [0.5, 0.6) is 5.75 Å². The van der Waals surface area contributed by atoms with Crippen molar-refractivity contribution in [2.75, 3.05) is 25.1 Å². The normalized spacial score (nSPS) is 14.3. The third-order valence-electron chi connectivity index (χ3n) is 6.51. The maximum absolute atomic E-state index is 12.9. The number of fused-ring (bicyclic) bond motifs is 1. The molecule has 8 heteroatoms. The van der Waals surface area contributed by atoms with Crippen LogP contribution < -0.4 is 15.0 Å². The van der Waals surface area contributed by atoms with Gasteiger partial charge in [-0.05, 0) is 38.0 Å². The van der Waals surface area contributed by atoms with Crippen LogP contribution in [0.4, 0.5) is 5.82 Å². The minimum atomic E-state index is -0.0124. The Balaban J connectivity index is 1.28. The molecule has 1 N–H and O–H groups in total. The average molecular weight is 490 g/mol. The van der Waals surface area contributed by atoms with Gasteiger partial charge in [0.15, 0.2) is 5.65 Å². The number of amides is 1. The van der Waals surface area contributed by atoms with Crippen molar-refractivity contribution in [3.63, 3.8) is 0 Å². The number of nitrogens with zero attached hydrogens (tertiary/aromatic N) is 4. The highest BCUT2D eigenvalue weighted by Crippen LogP contribution is 2.28. The molecule has 0 bridgehead atoms. The lowest BCUT2D eigenvalue weighted by Crippen LogP contribution is -2.41. The Bertz CT molecular complexity index is 1340. The van der Waals surface area contributed by atoms with Gasteiger partial charge in [0.1, 0.15) is 11.6 Å². The van der Waals surface area contributed by atoms with Crippen LogP contribution in [0.25, 0.3) is 16.9 Å². The largest absolute Gasteiger partial charge is 0.496 e. The second kappa shape index (κ2) is 9.96. The van der Waals surface area contributed by atoms with Gasteiger partial charge >= 0.3 is 0 Å². The predicted molar refractivity (Wildman–Crippen MR) is 138 cm³/mol. The van der Waals surface area contributed by atoms with Crippen molar-refractivity contribution in [1.29, 1.82) is 0 Å². The van der Waals surface area contributed by atoms with E-state index in [1.165, 1.54) is 0 Å². The van der Waals surface area contributed by atoms with E-state index in [1.54, 1.807) is 7.11 Å². The smallest absolute Gasteiger partial charge is 0.223 e. The highest BCUT2D eigenvalue weighted by atomic mass is 35.5. The molecule has 1 fully saturated rings. The van der Waals surface area contributed by atoms with E-state index < -0.39 is 0 Å². The van der Waals surface area contributed by atoms with Crippen molar-refractivity contribution in [2.24, 2.45) is 5.92 Å². The number of anilines is 1. The summed E-state index contributed by atoms with van der Waals surface area (Å²) in [6.07, 6.45) is 1.57. The van der Waals surface area contributed by atoms with E-state index in [0.29, 0.717) is 11.6 Å². The molecule has 180 valence electrons. The van der Waals surface area contributed by atoms with Crippen LogP contribution >= 0.6 is 11.6 Å². The van der Waals surface area contributed by atoms with E-state index in [-0.39, 0.29) is 11.8 Å². The molecule has 0 unspecified atom stereocenters. The zero-order valence-electron chi connectivity index (χ0n) is 19.9. The molecule has 7 nitrogen and oxygen atoms in total. The average Bonchev–Trinajstić information content (AvgIpc) is 3.31. The van der Waals surface area contributed by atoms with Gasteiger partial charge in [-0.3, -0.25) is 4.79 Å². The van der Waals surface area contributed by atoms with Gasteiger partial charge < -0.3 is 15.0 Å². The van der Waals surface area contributed by atoms with Crippen LogP contribution in [-0.2, 0) is 11.3 Å². The number of carbonyl (C=O) groups excluding carboxylic acids is 1. The Morgan fingerprint density at radius 3 is 2.60 bits per heavy atom. The lowest BCUT2D eigenvalue weighted by Gasteiger charge is -2.33. The van der Waals surface area contributed by atoms with E-state index in [2.05, 4.69) is 21.3 Å². The molecule has 0 radical (unpaired) electrons. The summed E-state index contributed by atoms with van der Waals surface area (Å²) < 4.78 is 7.29. The van der Waals surface area contributed by atoms with Gasteiger partial charge in [0.25, 0.3) is 0 Å². The van der Waals surface area contributed by atoms with Crippen LogP contribution in [0.1, 0.15) is 24.1 Å². The van der Waals surface area contributed by atoms with E-state index in [9.17, 15) is 4.79 Å². The van der Waals surface area contributed by atoms with Crippen LogP contribution in [0.2, 0.25) is 5.02 Å². The number of aromatic nitrogens is 3. The molecule has 35 heavy (non-hydrogen) atoms. The fourth-order valence-corrected chi connectivity index (χ4v) is 4.74. The summed E-state index contributed by atoms with van der Waals surface area (Å²) in [5, 5.41) is 8.62. The van der Waals surface area contributed by atoms with Crippen molar-refractivity contribution in [3.8, 4) is 17.0 Å². The van der Waals surface area contributed by atoms with Crippen LogP contribution in [0.15, 0.2) is 60.7 Å². The number of benzene rings is 2. The second-order valence-electron chi connectivity index (χ2n) is 8.85. The molecule has 0 spiro atoms. The number of piperidine rings is 1. The number of para-hydroxylation sites is 1. The summed E-state index contributed by atoms with van der Waals surface area (Å²) in [6, 6.07) is 19.5. The number of nitrogens with one attached hydrogen (secondary N) is 1. The molecule has 1 aliphatic rings. The molecule has 0 atom stereocenters. The van der Waals surface area contributed by atoms with Gasteiger partial charge in [0.2, 0.25) is 5.91 Å². The van der Waals surface area contributed by atoms with Crippen LogP contribution in [0.3, 0.4) is 0 Å². The maximum atomic E-state index is 12.9. The quantitative estimate of drug-likeness (QED) is 0.417.